The smallest absolute Gasteiger partial charge is 0.128 e. The van der Waals surface area contributed by atoms with Crippen molar-refractivity contribution >= 4 is 23.0 Å². The van der Waals surface area contributed by atoms with Crippen LogP contribution in [-0.2, 0) is 0 Å². The predicted molar refractivity (Wildman–Crippen MR) is 76.8 cm³/mol. The Bertz CT molecular complexity index is 407. The zero-order valence-electron chi connectivity index (χ0n) is 10.4. The number of rotatable bonds is 3. The van der Waals surface area contributed by atoms with Gasteiger partial charge >= 0.3 is 0 Å². The lowest BCUT2D eigenvalue weighted by Crippen LogP contribution is -2.38. The standard InChI is InChI=1S/C13H19N3OS/c14-13(18)10-5-6-12(15-8-10)16-7-3-1-2-4-11(16)9-17/h5-6,8,11,17H,1-4,7,9H2,(H2,14,18). The van der Waals surface area contributed by atoms with E-state index in [1.54, 1.807) is 6.20 Å². The summed E-state index contributed by atoms with van der Waals surface area (Å²) >= 11 is 4.91. The molecule has 1 saturated heterocycles. The zero-order valence-corrected chi connectivity index (χ0v) is 11.2. The number of hydrogen-bond donors (Lipinski definition) is 2. The highest BCUT2D eigenvalue weighted by Gasteiger charge is 2.21. The fourth-order valence-electron chi connectivity index (χ4n) is 2.37. The summed E-state index contributed by atoms with van der Waals surface area (Å²) in [7, 11) is 0. The average molecular weight is 265 g/mol. The van der Waals surface area contributed by atoms with Crippen LogP contribution in [0.1, 0.15) is 31.2 Å². The van der Waals surface area contributed by atoms with Crippen LogP contribution in [0, 0.1) is 0 Å². The second kappa shape index (κ2) is 6.11. The van der Waals surface area contributed by atoms with Crippen LogP contribution < -0.4 is 10.6 Å². The van der Waals surface area contributed by atoms with Crippen LogP contribution in [0.15, 0.2) is 18.3 Å². The average Bonchev–Trinajstić information content (AvgIpc) is 2.63. The molecule has 98 valence electrons. The minimum Gasteiger partial charge on any atom is -0.394 e. The number of nitrogens with two attached hydrogens (primary N) is 1. The Hall–Kier alpha value is -1.20. The summed E-state index contributed by atoms with van der Waals surface area (Å²) in [6.07, 6.45) is 6.27. The molecule has 0 bridgehead atoms. The molecule has 3 N–H and O–H groups in total. The van der Waals surface area contributed by atoms with Crippen molar-refractivity contribution in [3.8, 4) is 0 Å². The molecule has 0 amide bonds. The van der Waals surface area contributed by atoms with Crippen LogP contribution in [-0.4, -0.2) is 34.3 Å². The first-order valence-corrected chi connectivity index (χ1v) is 6.76. The molecule has 1 aliphatic heterocycles. The summed E-state index contributed by atoms with van der Waals surface area (Å²) in [5.74, 6) is 0.899. The minimum atomic E-state index is 0.177. The molecule has 2 rings (SSSR count). The van der Waals surface area contributed by atoms with E-state index in [1.807, 2.05) is 12.1 Å². The van der Waals surface area contributed by atoms with E-state index < -0.39 is 0 Å². The van der Waals surface area contributed by atoms with E-state index in [0.717, 1.165) is 30.8 Å². The molecule has 0 saturated carbocycles. The lowest BCUT2D eigenvalue weighted by Gasteiger charge is -2.29. The molecule has 1 aromatic rings. The third-order valence-corrected chi connectivity index (χ3v) is 3.65. The van der Waals surface area contributed by atoms with Crippen LogP contribution in [0.3, 0.4) is 0 Å². The van der Waals surface area contributed by atoms with Crippen molar-refractivity contribution in [2.75, 3.05) is 18.1 Å². The Balaban J connectivity index is 2.19. The molecule has 1 aliphatic rings. The van der Waals surface area contributed by atoms with E-state index in [9.17, 15) is 5.11 Å². The molecule has 1 atom stereocenters. The third-order valence-electron chi connectivity index (χ3n) is 3.41. The van der Waals surface area contributed by atoms with Gasteiger partial charge in [-0.1, -0.05) is 25.1 Å². The topological polar surface area (TPSA) is 62.4 Å². The van der Waals surface area contributed by atoms with E-state index in [1.165, 1.54) is 12.8 Å². The number of hydrogen-bond acceptors (Lipinski definition) is 4. The summed E-state index contributed by atoms with van der Waals surface area (Å²) in [5, 5.41) is 9.48. The maximum Gasteiger partial charge on any atom is 0.128 e. The quantitative estimate of drug-likeness (QED) is 0.810. The number of aliphatic hydroxyl groups excluding tert-OH is 1. The fourth-order valence-corrected chi connectivity index (χ4v) is 2.49. The van der Waals surface area contributed by atoms with Crippen LogP contribution in [0.5, 0.6) is 0 Å². The van der Waals surface area contributed by atoms with E-state index >= 15 is 0 Å². The summed E-state index contributed by atoms with van der Waals surface area (Å²) < 4.78 is 0. The molecule has 2 heterocycles. The second-order valence-corrected chi connectivity index (χ2v) is 5.09. The van der Waals surface area contributed by atoms with Crippen molar-refractivity contribution in [2.24, 2.45) is 5.73 Å². The van der Waals surface area contributed by atoms with Gasteiger partial charge in [-0.2, -0.15) is 0 Å². The lowest BCUT2D eigenvalue weighted by molar-refractivity contribution is 0.254. The van der Waals surface area contributed by atoms with Gasteiger partial charge in [0.05, 0.1) is 12.6 Å². The number of anilines is 1. The molecule has 5 heteroatoms. The van der Waals surface area contributed by atoms with Crippen molar-refractivity contribution in [3.05, 3.63) is 23.9 Å². The summed E-state index contributed by atoms with van der Waals surface area (Å²) in [4.78, 5) is 6.97. The number of aliphatic hydroxyl groups is 1. The molecule has 1 unspecified atom stereocenters. The first-order chi connectivity index (χ1) is 8.72. The van der Waals surface area contributed by atoms with Crippen LogP contribution in [0.25, 0.3) is 0 Å². The maximum atomic E-state index is 9.48. The minimum absolute atomic E-state index is 0.177. The van der Waals surface area contributed by atoms with Gasteiger partial charge in [0.2, 0.25) is 0 Å². The van der Waals surface area contributed by atoms with E-state index in [0.29, 0.717) is 4.99 Å². The summed E-state index contributed by atoms with van der Waals surface area (Å²) in [5.41, 5.74) is 6.34. The highest BCUT2D eigenvalue weighted by atomic mass is 32.1. The van der Waals surface area contributed by atoms with Gasteiger partial charge in [0.15, 0.2) is 0 Å². The molecule has 1 fully saturated rings. The van der Waals surface area contributed by atoms with Gasteiger partial charge in [-0.05, 0) is 25.0 Å². The Labute approximate surface area is 113 Å². The Morgan fingerprint density at radius 1 is 1.44 bits per heavy atom. The fraction of sp³-hybridized carbons (Fsp3) is 0.538. The second-order valence-electron chi connectivity index (χ2n) is 4.65. The molecule has 4 nitrogen and oxygen atoms in total. The molecule has 0 aromatic carbocycles. The van der Waals surface area contributed by atoms with Crippen molar-refractivity contribution in [1.82, 2.24) is 4.98 Å². The Morgan fingerprint density at radius 3 is 2.89 bits per heavy atom. The van der Waals surface area contributed by atoms with Crippen molar-refractivity contribution in [3.63, 3.8) is 0 Å². The number of pyridine rings is 1. The normalized spacial score (nSPS) is 20.5. The zero-order chi connectivity index (χ0) is 13.0. The van der Waals surface area contributed by atoms with Crippen molar-refractivity contribution < 1.29 is 5.11 Å². The Kier molecular flexibility index (Phi) is 4.49. The van der Waals surface area contributed by atoms with Gasteiger partial charge in [-0.3, -0.25) is 0 Å². The van der Waals surface area contributed by atoms with Crippen LogP contribution in [0.4, 0.5) is 5.82 Å². The first kappa shape index (κ1) is 13.2. The molecule has 18 heavy (non-hydrogen) atoms. The van der Waals surface area contributed by atoms with Gasteiger partial charge < -0.3 is 15.7 Å². The summed E-state index contributed by atoms with van der Waals surface area (Å²) in [6, 6.07) is 4.00. The first-order valence-electron chi connectivity index (χ1n) is 6.35. The highest BCUT2D eigenvalue weighted by Crippen LogP contribution is 2.22. The molecule has 0 spiro atoms. The van der Waals surface area contributed by atoms with E-state index in [4.69, 9.17) is 18.0 Å². The SMILES string of the molecule is NC(=S)c1ccc(N2CCCCCC2CO)nc1. The molecular formula is C13H19N3OS. The van der Waals surface area contributed by atoms with Gasteiger partial charge in [-0.15, -0.1) is 0 Å². The van der Waals surface area contributed by atoms with Crippen LogP contribution >= 0.6 is 12.2 Å². The van der Waals surface area contributed by atoms with Gasteiger partial charge in [0, 0.05) is 18.3 Å². The van der Waals surface area contributed by atoms with E-state index in [2.05, 4.69) is 9.88 Å². The molecule has 0 aliphatic carbocycles. The van der Waals surface area contributed by atoms with Crippen molar-refractivity contribution in [1.29, 1.82) is 0 Å². The number of aromatic nitrogens is 1. The maximum absolute atomic E-state index is 9.48. The molecule has 1 aromatic heterocycles. The molecular weight excluding hydrogens is 246 g/mol. The van der Waals surface area contributed by atoms with Gasteiger partial charge in [-0.25, -0.2) is 4.98 Å². The van der Waals surface area contributed by atoms with E-state index in [-0.39, 0.29) is 12.6 Å². The van der Waals surface area contributed by atoms with Gasteiger partial charge in [0.1, 0.15) is 10.8 Å². The predicted octanol–water partition coefficient (Wildman–Crippen LogP) is 1.46. The third kappa shape index (κ3) is 2.97. The van der Waals surface area contributed by atoms with Crippen molar-refractivity contribution in [2.45, 2.75) is 31.7 Å². The highest BCUT2D eigenvalue weighted by molar-refractivity contribution is 7.80. The monoisotopic (exact) mass is 265 g/mol. The number of nitrogens with zero attached hydrogens (tertiary/aromatic N) is 2. The molecule has 0 radical (unpaired) electrons. The number of thiocarbonyl (C=S) groups is 1. The van der Waals surface area contributed by atoms with Crippen LogP contribution in [0.2, 0.25) is 0 Å². The largest absolute Gasteiger partial charge is 0.394 e. The Morgan fingerprint density at radius 2 is 2.28 bits per heavy atom. The summed E-state index contributed by atoms with van der Waals surface area (Å²) in [6.45, 7) is 1.13. The van der Waals surface area contributed by atoms with Gasteiger partial charge in [0.25, 0.3) is 0 Å². The lowest BCUT2D eigenvalue weighted by atomic mass is 10.1.